The molecule has 6 nitrogen and oxygen atoms in total. The predicted octanol–water partition coefficient (Wildman–Crippen LogP) is 7.04. The van der Waals surface area contributed by atoms with Gasteiger partial charge >= 0.3 is 0 Å². The minimum absolute atomic E-state index is 0.0775. The molecule has 0 bridgehead atoms. The van der Waals surface area contributed by atoms with Gasteiger partial charge in [0.15, 0.2) is 0 Å². The number of aliphatic hydroxyl groups is 1. The number of rotatable bonds is 11. The monoisotopic (exact) mass is 526 g/mol. The van der Waals surface area contributed by atoms with Crippen LogP contribution in [0.3, 0.4) is 0 Å². The van der Waals surface area contributed by atoms with E-state index in [1.54, 1.807) is 24.3 Å². The second-order valence-corrected chi connectivity index (χ2v) is 9.85. The molecule has 0 aromatic heterocycles. The normalized spacial score (nSPS) is 16.5. The van der Waals surface area contributed by atoms with Crippen molar-refractivity contribution in [1.29, 1.82) is 0 Å². The maximum absolute atomic E-state index is 13.5. The average molecular weight is 527 g/mol. The van der Waals surface area contributed by atoms with Gasteiger partial charge in [-0.1, -0.05) is 44.0 Å². The number of carbonyl (C=O) groups is 2. The molecule has 4 rings (SSSR count). The molecule has 3 aromatic carbocycles. The Labute approximate surface area is 231 Å². The molecule has 1 N–H and O–H groups in total. The average Bonchev–Trinajstić information content (AvgIpc) is 3.22. The van der Waals surface area contributed by atoms with Crippen LogP contribution in [0.1, 0.15) is 62.8 Å². The summed E-state index contributed by atoms with van der Waals surface area (Å²) in [7, 11) is 0. The number of carbonyl (C=O) groups excluding carboxylic acids is 2. The number of hydrogen-bond acceptors (Lipinski definition) is 5. The first-order valence-electron chi connectivity index (χ1n) is 13.8. The van der Waals surface area contributed by atoms with E-state index in [9.17, 15) is 14.7 Å². The number of ketones is 1. The van der Waals surface area contributed by atoms with Crippen LogP contribution in [-0.2, 0) is 9.59 Å². The molecule has 0 spiro atoms. The molecule has 1 aliphatic heterocycles. The fourth-order valence-corrected chi connectivity index (χ4v) is 5.05. The molecular weight excluding hydrogens is 488 g/mol. The summed E-state index contributed by atoms with van der Waals surface area (Å²) in [6, 6.07) is 21.7. The number of aliphatic hydroxyl groups excluding tert-OH is 1. The van der Waals surface area contributed by atoms with Crippen LogP contribution in [0.25, 0.3) is 5.76 Å². The Bertz CT molecular complexity index is 1320. The first-order chi connectivity index (χ1) is 18.9. The smallest absolute Gasteiger partial charge is 0.300 e. The Morgan fingerprint density at radius 3 is 2.23 bits per heavy atom. The maximum Gasteiger partial charge on any atom is 0.300 e. The molecule has 1 saturated heterocycles. The third-order valence-corrected chi connectivity index (χ3v) is 7.21. The van der Waals surface area contributed by atoms with Crippen molar-refractivity contribution in [2.45, 2.75) is 53.0 Å². The third-order valence-electron chi connectivity index (χ3n) is 7.21. The highest BCUT2D eigenvalue weighted by Crippen LogP contribution is 2.42. The van der Waals surface area contributed by atoms with Gasteiger partial charge in [-0.2, -0.15) is 0 Å². The standard InChI is InChI=1S/C33H38N2O4/c1-5-8-9-21-39-28-19-15-25(16-20-28)31(36)29-30(24-13-17-26(18-14-24)34(6-2)7-3)35(33(38)32(29)37)27-12-10-11-23(4)22-27/h10-20,22,30,36H,5-9,21H2,1-4H3/b31-29+. The lowest BCUT2D eigenvalue weighted by atomic mass is 9.94. The quantitative estimate of drug-likeness (QED) is 0.126. The number of anilines is 2. The van der Waals surface area contributed by atoms with E-state index in [2.05, 4.69) is 25.7 Å². The van der Waals surface area contributed by atoms with Crippen LogP contribution in [0.15, 0.2) is 78.4 Å². The van der Waals surface area contributed by atoms with Gasteiger partial charge in [0.05, 0.1) is 18.2 Å². The van der Waals surface area contributed by atoms with Crippen LogP contribution < -0.4 is 14.5 Å². The van der Waals surface area contributed by atoms with Crippen molar-refractivity contribution in [3.05, 3.63) is 95.1 Å². The van der Waals surface area contributed by atoms with Crippen LogP contribution >= 0.6 is 0 Å². The van der Waals surface area contributed by atoms with Gasteiger partial charge in [-0.25, -0.2) is 0 Å². The van der Waals surface area contributed by atoms with Crippen molar-refractivity contribution < 1.29 is 19.4 Å². The Kier molecular flexibility index (Phi) is 9.07. The topological polar surface area (TPSA) is 70.1 Å². The lowest BCUT2D eigenvalue weighted by Crippen LogP contribution is -2.29. The minimum Gasteiger partial charge on any atom is -0.507 e. The molecule has 0 radical (unpaired) electrons. The van der Waals surface area contributed by atoms with Gasteiger partial charge in [-0.05, 0) is 86.8 Å². The van der Waals surface area contributed by atoms with Gasteiger partial charge in [-0.3, -0.25) is 14.5 Å². The number of amides is 1. The highest BCUT2D eigenvalue weighted by Gasteiger charge is 2.47. The van der Waals surface area contributed by atoms with Gasteiger partial charge in [-0.15, -0.1) is 0 Å². The third kappa shape index (κ3) is 6.00. The highest BCUT2D eigenvalue weighted by atomic mass is 16.5. The molecule has 1 fully saturated rings. The lowest BCUT2D eigenvalue weighted by Gasteiger charge is -2.27. The number of hydrogen-bond donors (Lipinski definition) is 1. The molecule has 0 aliphatic carbocycles. The summed E-state index contributed by atoms with van der Waals surface area (Å²) in [5, 5.41) is 11.4. The van der Waals surface area contributed by atoms with Gasteiger partial charge in [0.2, 0.25) is 0 Å². The second-order valence-electron chi connectivity index (χ2n) is 9.85. The van der Waals surface area contributed by atoms with Crippen molar-refractivity contribution in [2.24, 2.45) is 0 Å². The zero-order valence-corrected chi connectivity index (χ0v) is 23.3. The molecule has 3 aromatic rings. The summed E-state index contributed by atoms with van der Waals surface area (Å²) < 4.78 is 5.80. The van der Waals surface area contributed by atoms with E-state index in [4.69, 9.17) is 4.74 Å². The first-order valence-corrected chi connectivity index (χ1v) is 13.8. The number of unbranched alkanes of at least 4 members (excludes halogenated alkanes) is 2. The maximum atomic E-state index is 13.5. The second kappa shape index (κ2) is 12.7. The van der Waals surface area contributed by atoms with Crippen molar-refractivity contribution in [3.8, 4) is 5.75 Å². The summed E-state index contributed by atoms with van der Waals surface area (Å²) in [5.41, 5.74) is 3.94. The molecular formula is C33H38N2O4. The molecule has 1 unspecified atom stereocenters. The van der Waals surface area contributed by atoms with Crippen molar-refractivity contribution >= 4 is 28.8 Å². The van der Waals surface area contributed by atoms with E-state index < -0.39 is 17.7 Å². The van der Waals surface area contributed by atoms with E-state index in [1.807, 2.05) is 55.5 Å². The molecule has 1 atom stereocenters. The Morgan fingerprint density at radius 2 is 1.62 bits per heavy atom. The summed E-state index contributed by atoms with van der Waals surface area (Å²) >= 11 is 0. The van der Waals surface area contributed by atoms with Gasteiger partial charge in [0.1, 0.15) is 11.5 Å². The SMILES string of the molecule is CCCCCOc1ccc(/C(O)=C2\C(=O)C(=O)N(c3cccc(C)c3)C2c2ccc(N(CC)CC)cc2)cc1. The molecule has 39 heavy (non-hydrogen) atoms. The molecule has 1 aliphatic rings. The Hall–Kier alpha value is -4.06. The minimum atomic E-state index is -0.762. The number of nitrogens with zero attached hydrogens (tertiary/aromatic N) is 2. The van der Waals surface area contributed by atoms with Crippen LogP contribution in [0.2, 0.25) is 0 Å². The molecule has 1 amide bonds. The van der Waals surface area contributed by atoms with E-state index in [1.165, 1.54) is 4.90 Å². The van der Waals surface area contributed by atoms with Crippen LogP contribution in [0.4, 0.5) is 11.4 Å². The van der Waals surface area contributed by atoms with Crippen LogP contribution in [0, 0.1) is 6.92 Å². The van der Waals surface area contributed by atoms with Crippen LogP contribution in [0.5, 0.6) is 5.75 Å². The largest absolute Gasteiger partial charge is 0.507 e. The number of aryl methyl sites for hydroxylation is 1. The van der Waals surface area contributed by atoms with Crippen molar-refractivity contribution in [1.82, 2.24) is 0 Å². The summed E-state index contributed by atoms with van der Waals surface area (Å²) in [6.45, 7) is 10.7. The van der Waals surface area contributed by atoms with E-state index in [-0.39, 0.29) is 11.3 Å². The Morgan fingerprint density at radius 1 is 0.923 bits per heavy atom. The summed E-state index contributed by atoms with van der Waals surface area (Å²) in [4.78, 5) is 30.6. The van der Waals surface area contributed by atoms with Crippen molar-refractivity contribution in [3.63, 3.8) is 0 Å². The zero-order valence-electron chi connectivity index (χ0n) is 23.3. The van der Waals surface area contributed by atoms with Crippen LogP contribution in [-0.4, -0.2) is 36.5 Å². The molecule has 1 heterocycles. The zero-order chi connectivity index (χ0) is 27.9. The first kappa shape index (κ1) is 28.0. The number of Topliss-reactive ketones (excluding diaryl/α,β-unsaturated/α-hetero) is 1. The van der Waals surface area contributed by atoms with E-state index in [0.29, 0.717) is 23.6 Å². The summed E-state index contributed by atoms with van der Waals surface area (Å²) in [6.07, 6.45) is 3.21. The number of ether oxygens (including phenoxy) is 1. The van der Waals surface area contributed by atoms with E-state index in [0.717, 1.165) is 49.2 Å². The van der Waals surface area contributed by atoms with E-state index >= 15 is 0 Å². The lowest BCUT2D eigenvalue weighted by molar-refractivity contribution is -0.132. The van der Waals surface area contributed by atoms with Gasteiger partial charge in [0, 0.05) is 30.0 Å². The van der Waals surface area contributed by atoms with Gasteiger partial charge in [0.25, 0.3) is 11.7 Å². The Balaban J connectivity index is 1.76. The van der Waals surface area contributed by atoms with Crippen molar-refractivity contribution in [2.75, 3.05) is 29.5 Å². The number of benzene rings is 3. The van der Waals surface area contributed by atoms with Gasteiger partial charge < -0.3 is 14.7 Å². The highest BCUT2D eigenvalue weighted by molar-refractivity contribution is 6.51. The fourth-order valence-electron chi connectivity index (χ4n) is 5.05. The molecule has 6 heteroatoms. The molecule has 204 valence electrons. The summed E-state index contributed by atoms with van der Waals surface area (Å²) in [5.74, 6) is -0.854. The fraction of sp³-hybridized carbons (Fsp3) is 0.333. The molecule has 0 saturated carbocycles. The predicted molar refractivity (Wildman–Crippen MR) is 157 cm³/mol.